The Morgan fingerprint density at radius 2 is 1.60 bits per heavy atom. The van der Waals surface area contributed by atoms with Gasteiger partial charge in [-0.2, -0.15) is 0 Å². The van der Waals surface area contributed by atoms with Crippen LogP contribution in [0, 0.1) is 0 Å². The molecule has 7 nitrogen and oxygen atoms in total. The largest absolute Gasteiger partial charge is 0.457 e. The second-order valence-corrected chi connectivity index (χ2v) is 5.16. The van der Waals surface area contributed by atoms with Crippen molar-refractivity contribution < 1.29 is 23.9 Å². The van der Waals surface area contributed by atoms with Gasteiger partial charge < -0.3 is 20.5 Å². The molecule has 0 unspecified atom stereocenters. The Hall–Kier alpha value is -3.35. The molecule has 2 amide bonds. The van der Waals surface area contributed by atoms with E-state index in [1.807, 2.05) is 30.3 Å². The first kappa shape index (κ1) is 18.0. The highest BCUT2D eigenvalue weighted by molar-refractivity contribution is 5.96. The van der Waals surface area contributed by atoms with Crippen LogP contribution in [-0.4, -0.2) is 30.4 Å². The molecule has 2 aromatic rings. The first-order valence-electron chi connectivity index (χ1n) is 7.55. The molecule has 0 heterocycles. The lowest BCUT2D eigenvalue weighted by atomic mass is 10.2. The van der Waals surface area contributed by atoms with Crippen LogP contribution in [-0.2, 0) is 14.3 Å². The SMILES string of the molecule is C[C@H](OC(=O)CNC(=O)c1ccc(Oc2ccccc2)cc1)C(N)=O. The van der Waals surface area contributed by atoms with E-state index >= 15 is 0 Å². The van der Waals surface area contributed by atoms with Crippen molar-refractivity contribution in [2.45, 2.75) is 13.0 Å². The maximum absolute atomic E-state index is 12.0. The third-order valence-corrected chi connectivity index (χ3v) is 3.20. The van der Waals surface area contributed by atoms with Gasteiger partial charge in [-0.15, -0.1) is 0 Å². The van der Waals surface area contributed by atoms with Crippen LogP contribution in [0.3, 0.4) is 0 Å². The Kier molecular flexibility index (Phi) is 6.11. The summed E-state index contributed by atoms with van der Waals surface area (Å²) in [6.07, 6.45) is -1.04. The number of carbonyl (C=O) groups excluding carboxylic acids is 3. The van der Waals surface area contributed by atoms with Crippen LogP contribution < -0.4 is 15.8 Å². The lowest BCUT2D eigenvalue weighted by molar-refractivity contribution is -0.152. The van der Waals surface area contributed by atoms with Crippen LogP contribution in [0.25, 0.3) is 0 Å². The van der Waals surface area contributed by atoms with Gasteiger partial charge in [0.1, 0.15) is 18.0 Å². The number of benzene rings is 2. The van der Waals surface area contributed by atoms with Crippen LogP contribution in [0.1, 0.15) is 17.3 Å². The number of rotatable bonds is 7. The van der Waals surface area contributed by atoms with Crippen molar-refractivity contribution in [3.63, 3.8) is 0 Å². The van der Waals surface area contributed by atoms with Crippen LogP contribution in [0.5, 0.6) is 11.5 Å². The van der Waals surface area contributed by atoms with Gasteiger partial charge in [-0.1, -0.05) is 18.2 Å². The fourth-order valence-electron chi connectivity index (χ4n) is 1.85. The number of carbonyl (C=O) groups is 3. The first-order valence-corrected chi connectivity index (χ1v) is 7.55. The highest BCUT2D eigenvalue weighted by atomic mass is 16.5. The highest BCUT2D eigenvalue weighted by Crippen LogP contribution is 2.21. The van der Waals surface area contributed by atoms with Gasteiger partial charge in [-0.05, 0) is 43.3 Å². The summed E-state index contributed by atoms with van der Waals surface area (Å²) in [5, 5.41) is 2.41. The predicted molar refractivity (Wildman–Crippen MR) is 90.0 cm³/mol. The molecule has 0 aromatic heterocycles. The second kappa shape index (κ2) is 8.49. The number of para-hydroxylation sites is 1. The molecular weight excluding hydrogens is 324 g/mol. The van der Waals surface area contributed by atoms with Crippen molar-refractivity contribution in [2.75, 3.05) is 6.54 Å². The van der Waals surface area contributed by atoms with E-state index in [9.17, 15) is 14.4 Å². The van der Waals surface area contributed by atoms with E-state index in [0.29, 0.717) is 17.1 Å². The van der Waals surface area contributed by atoms with Crippen molar-refractivity contribution >= 4 is 17.8 Å². The molecule has 2 aromatic carbocycles. The number of nitrogens with one attached hydrogen (secondary N) is 1. The zero-order chi connectivity index (χ0) is 18.2. The summed E-state index contributed by atoms with van der Waals surface area (Å²) in [7, 11) is 0. The average molecular weight is 342 g/mol. The van der Waals surface area contributed by atoms with Gasteiger partial charge in [0.15, 0.2) is 6.10 Å². The lowest BCUT2D eigenvalue weighted by Crippen LogP contribution is -2.36. The fraction of sp³-hybridized carbons (Fsp3) is 0.167. The smallest absolute Gasteiger partial charge is 0.326 e. The minimum atomic E-state index is -1.04. The molecule has 2 rings (SSSR count). The molecule has 25 heavy (non-hydrogen) atoms. The van der Waals surface area contributed by atoms with Gasteiger partial charge in [0.2, 0.25) is 0 Å². The summed E-state index contributed by atoms with van der Waals surface area (Å²) >= 11 is 0. The molecule has 3 N–H and O–H groups in total. The number of hydrogen-bond acceptors (Lipinski definition) is 5. The molecule has 130 valence electrons. The molecule has 0 aliphatic heterocycles. The summed E-state index contributed by atoms with van der Waals surface area (Å²) in [5.74, 6) is -0.684. The molecule has 1 atom stereocenters. The number of hydrogen-bond donors (Lipinski definition) is 2. The first-order chi connectivity index (χ1) is 12.0. The zero-order valence-corrected chi connectivity index (χ0v) is 13.6. The summed E-state index contributed by atoms with van der Waals surface area (Å²) in [6, 6.07) is 15.7. The minimum absolute atomic E-state index is 0.358. The van der Waals surface area contributed by atoms with E-state index in [4.69, 9.17) is 15.2 Å². The van der Waals surface area contributed by atoms with Gasteiger partial charge in [-0.25, -0.2) is 0 Å². The third-order valence-electron chi connectivity index (χ3n) is 3.20. The van der Waals surface area contributed by atoms with Crippen LogP contribution in [0.4, 0.5) is 0 Å². The molecule has 0 aliphatic carbocycles. The lowest BCUT2D eigenvalue weighted by Gasteiger charge is -2.10. The quantitative estimate of drug-likeness (QED) is 0.744. The number of nitrogens with two attached hydrogens (primary N) is 1. The number of primary amides is 1. The summed E-state index contributed by atoms with van der Waals surface area (Å²) in [5.41, 5.74) is 5.34. The number of ether oxygens (including phenoxy) is 2. The zero-order valence-electron chi connectivity index (χ0n) is 13.6. The topological polar surface area (TPSA) is 108 Å². The van der Waals surface area contributed by atoms with E-state index in [2.05, 4.69) is 5.32 Å². The standard InChI is InChI=1S/C18H18N2O5/c1-12(17(19)22)24-16(21)11-20-18(23)13-7-9-15(10-8-13)25-14-5-3-2-4-6-14/h2-10,12H,11H2,1H3,(H2,19,22)(H,20,23)/t12-/m0/s1. The summed E-state index contributed by atoms with van der Waals surface area (Å²) in [4.78, 5) is 34.3. The van der Waals surface area contributed by atoms with Crippen LogP contribution in [0.2, 0.25) is 0 Å². The minimum Gasteiger partial charge on any atom is -0.457 e. The molecule has 0 aliphatic rings. The maximum atomic E-state index is 12.0. The van der Waals surface area contributed by atoms with Gasteiger partial charge in [-0.3, -0.25) is 14.4 Å². The van der Waals surface area contributed by atoms with Crippen molar-refractivity contribution in [1.29, 1.82) is 0 Å². The second-order valence-electron chi connectivity index (χ2n) is 5.16. The van der Waals surface area contributed by atoms with Crippen molar-refractivity contribution in [3.8, 4) is 11.5 Å². The Labute approximate surface area is 144 Å². The molecule has 7 heteroatoms. The fourth-order valence-corrected chi connectivity index (χ4v) is 1.85. The van der Waals surface area contributed by atoms with Crippen LogP contribution in [0.15, 0.2) is 54.6 Å². The summed E-state index contributed by atoms with van der Waals surface area (Å²) < 4.78 is 10.4. The molecule has 0 saturated heterocycles. The van der Waals surface area contributed by atoms with Crippen molar-refractivity contribution in [2.24, 2.45) is 5.73 Å². The van der Waals surface area contributed by atoms with E-state index < -0.39 is 23.9 Å². The van der Waals surface area contributed by atoms with Gasteiger partial charge in [0.25, 0.3) is 11.8 Å². The third kappa shape index (κ3) is 5.65. The molecule has 0 bridgehead atoms. The van der Waals surface area contributed by atoms with Gasteiger partial charge in [0, 0.05) is 5.56 Å². The highest BCUT2D eigenvalue weighted by Gasteiger charge is 2.15. The Morgan fingerprint density at radius 1 is 1.00 bits per heavy atom. The van der Waals surface area contributed by atoms with E-state index in [0.717, 1.165) is 0 Å². The average Bonchev–Trinajstić information content (AvgIpc) is 2.61. The summed E-state index contributed by atoms with van der Waals surface area (Å²) in [6.45, 7) is 0.992. The van der Waals surface area contributed by atoms with Crippen molar-refractivity contribution in [3.05, 3.63) is 60.2 Å². The molecule has 0 radical (unpaired) electrons. The maximum Gasteiger partial charge on any atom is 0.326 e. The molecule has 0 saturated carbocycles. The Balaban J connectivity index is 1.86. The number of esters is 1. The van der Waals surface area contributed by atoms with E-state index in [1.54, 1.807) is 24.3 Å². The normalized spacial score (nSPS) is 11.2. The predicted octanol–water partition coefficient (Wildman–Crippen LogP) is 1.63. The van der Waals surface area contributed by atoms with E-state index in [-0.39, 0.29) is 6.54 Å². The van der Waals surface area contributed by atoms with Gasteiger partial charge >= 0.3 is 5.97 Å². The molecular formula is C18H18N2O5. The number of amides is 2. The van der Waals surface area contributed by atoms with E-state index in [1.165, 1.54) is 6.92 Å². The monoisotopic (exact) mass is 342 g/mol. The van der Waals surface area contributed by atoms with Gasteiger partial charge in [0.05, 0.1) is 0 Å². The Bertz CT molecular complexity index is 744. The Morgan fingerprint density at radius 3 is 2.20 bits per heavy atom. The molecule has 0 spiro atoms. The molecule has 0 fully saturated rings. The van der Waals surface area contributed by atoms with Crippen molar-refractivity contribution in [1.82, 2.24) is 5.32 Å². The van der Waals surface area contributed by atoms with Crippen LogP contribution >= 0.6 is 0 Å².